The van der Waals surface area contributed by atoms with E-state index in [4.69, 9.17) is 9.47 Å². The zero-order valence-corrected chi connectivity index (χ0v) is 17.8. The fourth-order valence-corrected chi connectivity index (χ4v) is 2.87. The van der Waals surface area contributed by atoms with Crippen LogP contribution in [0.4, 0.5) is 22.8 Å². The standard InChI is InChI=1S/C20H27F3N2O5/c1-17(2,3)29-15(26)24-19(11-25(12-19)16(27)30-18(4,5)6)13-7-9-14(10-8-13)28-20(21,22)23/h7-10H,11-12H2,1-6H3,(H,24,26). The highest BCUT2D eigenvalue weighted by Crippen LogP contribution is 2.35. The number of carbonyl (C=O) groups is 2. The summed E-state index contributed by atoms with van der Waals surface area (Å²) in [6.45, 7) is 10.5. The normalized spacial score (nSPS) is 16.4. The Balaban J connectivity index is 2.21. The zero-order valence-electron chi connectivity index (χ0n) is 17.8. The Labute approximate surface area is 173 Å². The van der Waals surface area contributed by atoms with Gasteiger partial charge in [0, 0.05) is 0 Å². The van der Waals surface area contributed by atoms with Gasteiger partial charge in [0.15, 0.2) is 0 Å². The number of hydrogen-bond acceptors (Lipinski definition) is 5. The summed E-state index contributed by atoms with van der Waals surface area (Å²) in [5.74, 6) is -0.387. The number of alkyl carbamates (subject to hydrolysis) is 1. The third kappa shape index (κ3) is 6.70. The average molecular weight is 432 g/mol. The Morgan fingerprint density at radius 2 is 1.43 bits per heavy atom. The molecule has 2 rings (SSSR count). The minimum Gasteiger partial charge on any atom is -0.444 e. The van der Waals surface area contributed by atoms with Crippen molar-refractivity contribution in [1.82, 2.24) is 10.2 Å². The Morgan fingerprint density at radius 3 is 1.87 bits per heavy atom. The lowest BCUT2D eigenvalue weighted by Crippen LogP contribution is -2.69. The van der Waals surface area contributed by atoms with Gasteiger partial charge in [0.25, 0.3) is 0 Å². The van der Waals surface area contributed by atoms with Crippen molar-refractivity contribution >= 4 is 12.2 Å². The maximum absolute atomic E-state index is 12.4. The predicted molar refractivity (Wildman–Crippen MR) is 102 cm³/mol. The molecule has 0 atom stereocenters. The molecule has 0 aromatic heterocycles. The third-order valence-corrected chi connectivity index (χ3v) is 3.95. The van der Waals surface area contributed by atoms with Crippen LogP contribution in [0.15, 0.2) is 24.3 Å². The number of alkyl halides is 3. The second kappa shape index (κ2) is 7.88. The lowest BCUT2D eigenvalue weighted by Gasteiger charge is -2.50. The summed E-state index contributed by atoms with van der Waals surface area (Å²) < 4.78 is 51.7. The summed E-state index contributed by atoms with van der Waals surface area (Å²) in [6.07, 6.45) is -6.07. The number of ether oxygens (including phenoxy) is 3. The number of amides is 2. The molecule has 1 N–H and O–H groups in total. The molecule has 1 aliphatic heterocycles. The van der Waals surface area contributed by atoms with Crippen LogP contribution in [0.5, 0.6) is 5.75 Å². The monoisotopic (exact) mass is 432 g/mol. The quantitative estimate of drug-likeness (QED) is 0.758. The molecular formula is C20H27F3N2O5. The fraction of sp³-hybridized carbons (Fsp3) is 0.600. The molecule has 1 aliphatic rings. The number of nitrogens with zero attached hydrogens (tertiary/aromatic N) is 1. The van der Waals surface area contributed by atoms with Crippen molar-refractivity contribution in [3.63, 3.8) is 0 Å². The minimum absolute atomic E-state index is 0.0701. The maximum atomic E-state index is 12.4. The first-order chi connectivity index (χ1) is 13.5. The summed E-state index contributed by atoms with van der Waals surface area (Å²) in [4.78, 5) is 26.1. The van der Waals surface area contributed by atoms with Crippen LogP contribution in [0.25, 0.3) is 0 Å². The highest BCUT2D eigenvalue weighted by molar-refractivity contribution is 5.73. The van der Waals surface area contributed by atoms with Gasteiger partial charge in [-0.1, -0.05) is 12.1 Å². The van der Waals surface area contributed by atoms with Gasteiger partial charge in [-0.2, -0.15) is 0 Å². The minimum atomic E-state index is -4.81. The number of benzene rings is 1. The van der Waals surface area contributed by atoms with Gasteiger partial charge in [-0.3, -0.25) is 0 Å². The number of nitrogens with one attached hydrogen (secondary N) is 1. The zero-order chi connectivity index (χ0) is 23.0. The predicted octanol–water partition coefficient (Wildman–Crippen LogP) is 4.56. The summed E-state index contributed by atoms with van der Waals surface area (Å²) >= 11 is 0. The van der Waals surface area contributed by atoms with E-state index in [-0.39, 0.29) is 18.8 Å². The molecule has 0 bridgehead atoms. The second-order valence-corrected chi connectivity index (χ2v) is 9.12. The Morgan fingerprint density at radius 1 is 0.933 bits per heavy atom. The van der Waals surface area contributed by atoms with E-state index in [0.717, 1.165) is 12.1 Å². The van der Waals surface area contributed by atoms with E-state index in [1.165, 1.54) is 17.0 Å². The molecule has 1 aromatic carbocycles. The molecule has 1 saturated heterocycles. The molecular weight excluding hydrogens is 405 g/mol. The van der Waals surface area contributed by atoms with Gasteiger partial charge in [0.1, 0.15) is 22.5 Å². The van der Waals surface area contributed by atoms with Crippen molar-refractivity contribution in [3.05, 3.63) is 29.8 Å². The fourth-order valence-electron chi connectivity index (χ4n) is 2.87. The van der Waals surface area contributed by atoms with Gasteiger partial charge in [-0.15, -0.1) is 13.2 Å². The van der Waals surface area contributed by atoms with E-state index in [9.17, 15) is 22.8 Å². The van der Waals surface area contributed by atoms with Gasteiger partial charge in [0.2, 0.25) is 0 Å². The first kappa shape index (κ1) is 23.6. The Hall–Kier alpha value is -2.65. The SMILES string of the molecule is CC(C)(C)OC(=O)NC1(c2ccc(OC(F)(F)F)cc2)CN(C(=O)OC(C)(C)C)C1. The van der Waals surface area contributed by atoms with Crippen LogP contribution in [0.1, 0.15) is 47.1 Å². The van der Waals surface area contributed by atoms with E-state index in [1.807, 2.05) is 0 Å². The molecule has 1 heterocycles. The molecule has 0 saturated carbocycles. The topological polar surface area (TPSA) is 77.1 Å². The van der Waals surface area contributed by atoms with Crippen molar-refractivity contribution in [3.8, 4) is 5.75 Å². The van der Waals surface area contributed by atoms with Crippen molar-refractivity contribution in [2.75, 3.05) is 13.1 Å². The van der Waals surface area contributed by atoms with E-state index in [1.54, 1.807) is 41.5 Å². The molecule has 168 valence electrons. The Kier molecular flexibility index (Phi) is 6.21. The van der Waals surface area contributed by atoms with Crippen LogP contribution in [0, 0.1) is 0 Å². The van der Waals surface area contributed by atoms with Crippen LogP contribution in [-0.4, -0.2) is 47.7 Å². The van der Waals surface area contributed by atoms with Crippen molar-refractivity contribution in [2.24, 2.45) is 0 Å². The molecule has 10 heteroatoms. The molecule has 0 radical (unpaired) electrons. The summed E-state index contributed by atoms with van der Waals surface area (Å²) in [7, 11) is 0. The van der Waals surface area contributed by atoms with E-state index in [2.05, 4.69) is 10.1 Å². The van der Waals surface area contributed by atoms with Crippen LogP contribution < -0.4 is 10.1 Å². The van der Waals surface area contributed by atoms with Crippen molar-refractivity contribution < 1.29 is 37.0 Å². The van der Waals surface area contributed by atoms with Gasteiger partial charge in [-0.05, 0) is 59.2 Å². The van der Waals surface area contributed by atoms with E-state index >= 15 is 0 Å². The molecule has 0 spiro atoms. The van der Waals surface area contributed by atoms with Crippen LogP contribution >= 0.6 is 0 Å². The number of rotatable bonds is 3. The molecule has 7 nitrogen and oxygen atoms in total. The first-order valence-electron chi connectivity index (χ1n) is 9.33. The van der Waals surface area contributed by atoms with E-state index < -0.39 is 35.3 Å². The average Bonchev–Trinajstić information content (AvgIpc) is 2.46. The molecule has 1 aromatic rings. The van der Waals surface area contributed by atoms with Crippen LogP contribution in [0.3, 0.4) is 0 Å². The van der Waals surface area contributed by atoms with Gasteiger partial charge in [-0.25, -0.2) is 9.59 Å². The highest BCUT2D eigenvalue weighted by Gasteiger charge is 2.49. The molecule has 2 amide bonds. The summed E-state index contributed by atoms with van der Waals surface area (Å²) in [6, 6.07) is 5.12. The lowest BCUT2D eigenvalue weighted by atomic mass is 9.82. The summed E-state index contributed by atoms with van der Waals surface area (Å²) in [5, 5.41) is 2.74. The molecule has 0 unspecified atom stereocenters. The maximum Gasteiger partial charge on any atom is 0.573 e. The highest BCUT2D eigenvalue weighted by atomic mass is 19.4. The number of hydrogen-bond donors (Lipinski definition) is 1. The number of carbonyl (C=O) groups excluding carboxylic acids is 2. The van der Waals surface area contributed by atoms with Gasteiger partial charge in [0.05, 0.1) is 13.1 Å². The number of likely N-dealkylation sites (tertiary alicyclic amines) is 1. The number of halogens is 3. The lowest BCUT2D eigenvalue weighted by molar-refractivity contribution is -0.274. The van der Waals surface area contributed by atoms with Crippen LogP contribution in [0.2, 0.25) is 0 Å². The summed E-state index contributed by atoms with van der Waals surface area (Å²) in [5.41, 5.74) is -1.96. The van der Waals surface area contributed by atoms with Crippen LogP contribution in [-0.2, 0) is 15.0 Å². The van der Waals surface area contributed by atoms with Crippen molar-refractivity contribution in [2.45, 2.75) is 64.6 Å². The largest absolute Gasteiger partial charge is 0.573 e. The van der Waals surface area contributed by atoms with Crippen molar-refractivity contribution in [1.29, 1.82) is 0 Å². The smallest absolute Gasteiger partial charge is 0.444 e. The second-order valence-electron chi connectivity index (χ2n) is 9.12. The molecule has 1 fully saturated rings. The first-order valence-corrected chi connectivity index (χ1v) is 9.33. The van der Waals surface area contributed by atoms with Gasteiger partial charge >= 0.3 is 18.5 Å². The van der Waals surface area contributed by atoms with Gasteiger partial charge < -0.3 is 24.4 Å². The van der Waals surface area contributed by atoms with E-state index in [0.29, 0.717) is 5.56 Å². The third-order valence-electron chi connectivity index (χ3n) is 3.95. The Bertz CT molecular complexity index is 774. The molecule has 0 aliphatic carbocycles. The molecule has 30 heavy (non-hydrogen) atoms.